The van der Waals surface area contributed by atoms with Crippen LogP contribution in [-0.2, 0) is 17.6 Å². The van der Waals surface area contributed by atoms with Crippen molar-refractivity contribution >= 4 is 34.9 Å². The molecule has 2 aromatic rings. The first-order valence-corrected chi connectivity index (χ1v) is 9.64. The van der Waals surface area contributed by atoms with E-state index in [-0.39, 0.29) is 5.97 Å². The van der Waals surface area contributed by atoms with Gasteiger partial charge in [0.1, 0.15) is 10.6 Å². The Hall–Kier alpha value is -2.54. The lowest BCUT2D eigenvalue weighted by Crippen LogP contribution is -2.34. The Morgan fingerprint density at radius 2 is 2.19 bits per heavy atom. The monoisotopic (exact) mass is 371 g/mol. The zero-order valence-corrected chi connectivity index (χ0v) is 15.4. The summed E-state index contributed by atoms with van der Waals surface area (Å²) in [5.41, 5.74) is 7.76. The largest absolute Gasteiger partial charge is 0.507 e. The molecule has 0 radical (unpaired) electrons. The van der Waals surface area contributed by atoms with Crippen LogP contribution in [0.15, 0.2) is 22.6 Å². The third kappa shape index (κ3) is 2.92. The molecule has 4 rings (SSSR count). The zero-order valence-electron chi connectivity index (χ0n) is 14.6. The molecule has 0 atom stereocenters. The maximum atomic E-state index is 11.7. The number of nitrogens with one attached hydrogen (secondary N) is 1. The Labute approximate surface area is 156 Å². The lowest BCUT2D eigenvalue weighted by atomic mass is 9.89. The van der Waals surface area contributed by atoms with Gasteiger partial charge in [0.05, 0.1) is 19.0 Å². The molecule has 2 N–H and O–H groups in total. The van der Waals surface area contributed by atoms with Gasteiger partial charge in [-0.3, -0.25) is 5.43 Å². The van der Waals surface area contributed by atoms with Crippen LogP contribution in [0.2, 0.25) is 0 Å². The van der Waals surface area contributed by atoms with Crippen molar-refractivity contribution in [1.29, 1.82) is 0 Å². The predicted molar refractivity (Wildman–Crippen MR) is 104 cm³/mol. The van der Waals surface area contributed by atoms with Crippen molar-refractivity contribution < 1.29 is 14.6 Å². The highest BCUT2D eigenvalue weighted by atomic mass is 32.1. The van der Waals surface area contributed by atoms with Crippen molar-refractivity contribution in [2.45, 2.75) is 25.7 Å². The summed E-state index contributed by atoms with van der Waals surface area (Å²) < 4.78 is 4.76. The summed E-state index contributed by atoms with van der Waals surface area (Å²) in [4.78, 5) is 14.6. The molecule has 136 valence electrons. The number of hydrogen-bond donors (Lipinski definition) is 2. The van der Waals surface area contributed by atoms with E-state index in [1.54, 1.807) is 17.7 Å². The van der Waals surface area contributed by atoms with Gasteiger partial charge in [0.25, 0.3) is 0 Å². The molecule has 1 aromatic carbocycles. The van der Waals surface area contributed by atoms with E-state index in [0.29, 0.717) is 21.9 Å². The van der Waals surface area contributed by atoms with Crippen LogP contribution in [0.5, 0.6) is 5.75 Å². The first-order chi connectivity index (χ1) is 12.7. The first-order valence-electron chi connectivity index (χ1n) is 8.76. The Kier molecular flexibility index (Phi) is 4.55. The van der Waals surface area contributed by atoms with Crippen molar-refractivity contribution in [3.05, 3.63) is 39.1 Å². The van der Waals surface area contributed by atoms with Crippen molar-refractivity contribution in [1.82, 2.24) is 0 Å². The van der Waals surface area contributed by atoms with E-state index in [1.807, 2.05) is 6.07 Å². The van der Waals surface area contributed by atoms with Crippen LogP contribution < -0.4 is 10.3 Å². The number of aromatic hydroxyl groups is 1. The summed E-state index contributed by atoms with van der Waals surface area (Å²) in [6.45, 7) is 2.14. The molecule has 0 amide bonds. The minimum absolute atomic E-state index is 0.319. The van der Waals surface area contributed by atoms with Gasteiger partial charge in [-0.1, -0.05) is 0 Å². The number of nitrogens with zero attached hydrogens (tertiary/aromatic N) is 2. The number of phenolic OH excluding ortho intramolecular Hbond substituents is 1. The molecule has 26 heavy (non-hydrogen) atoms. The molecule has 0 saturated heterocycles. The normalized spacial score (nSPS) is 15.8. The number of ether oxygens (including phenoxy) is 1. The number of benzene rings is 1. The molecular weight excluding hydrogens is 350 g/mol. The van der Waals surface area contributed by atoms with Gasteiger partial charge in [0.2, 0.25) is 0 Å². The van der Waals surface area contributed by atoms with Crippen molar-refractivity contribution in [2.24, 2.45) is 5.10 Å². The highest BCUT2D eigenvalue weighted by molar-refractivity contribution is 7.12. The van der Waals surface area contributed by atoms with Crippen molar-refractivity contribution in [3.63, 3.8) is 0 Å². The zero-order chi connectivity index (χ0) is 18.1. The lowest BCUT2D eigenvalue weighted by molar-refractivity contribution is 0.0607. The first kappa shape index (κ1) is 16.9. The van der Waals surface area contributed by atoms with Crippen LogP contribution in [-0.4, -0.2) is 37.5 Å². The molecule has 0 unspecified atom stereocenters. The molecule has 1 aromatic heterocycles. The van der Waals surface area contributed by atoms with E-state index < -0.39 is 0 Å². The van der Waals surface area contributed by atoms with Crippen LogP contribution in [0.25, 0.3) is 0 Å². The van der Waals surface area contributed by atoms with Crippen LogP contribution >= 0.6 is 11.3 Å². The lowest BCUT2D eigenvalue weighted by Gasteiger charge is -2.37. The average Bonchev–Trinajstić information content (AvgIpc) is 3.13. The maximum Gasteiger partial charge on any atom is 0.350 e. The van der Waals surface area contributed by atoms with Gasteiger partial charge < -0.3 is 14.7 Å². The van der Waals surface area contributed by atoms with Crippen LogP contribution in [0.1, 0.15) is 39.2 Å². The van der Waals surface area contributed by atoms with E-state index >= 15 is 0 Å². The van der Waals surface area contributed by atoms with Gasteiger partial charge in [-0.05, 0) is 48.8 Å². The molecule has 6 nitrogen and oxygen atoms in total. The number of rotatable bonds is 4. The minimum Gasteiger partial charge on any atom is -0.507 e. The average molecular weight is 371 g/mol. The van der Waals surface area contributed by atoms with Crippen molar-refractivity contribution in [2.75, 3.05) is 30.5 Å². The fourth-order valence-electron chi connectivity index (χ4n) is 3.79. The Morgan fingerprint density at radius 1 is 1.38 bits per heavy atom. The number of aryl methyl sites for hydroxylation is 1. The quantitative estimate of drug-likeness (QED) is 0.490. The van der Waals surface area contributed by atoms with Gasteiger partial charge in [0, 0.05) is 29.9 Å². The van der Waals surface area contributed by atoms with Gasteiger partial charge in [-0.15, -0.1) is 11.3 Å². The summed E-state index contributed by atoms with van der Waals surface area (Å²) in [7, 11) is 1.36. The Bertz CT molecular complexity index is 873. The van der Waals surface area contributed by atoms with Gasteiger partial charge in [0.15, 0.2) is 0 Å². The van der Waals surface area contributed by atoms with E-state index in [0.717, 1.165) is 44.3 Å². The summed E-state index contributed by atoms with van der Waals surface area (Å²) in [5.74, 6) is -0.0711. The number of anilines is 2. The standard InChI is InChI=1S/C19H21N3O3S/c1-25-19(24)18-15(6-9-26-18)21-20-11-13-10-12-4-2-7-22-8-3-5-14(16(12)22)17(13)23/h6,9-11,21,23H,2-5,7-8H2,1H3. The topological polar surface area (TPSA) is 74.2 Å². The van der Waals surface area contributed by atoms with Crippen LogP contribution in [0.4, 0.5) is 11.4 Å². The summed E-state index contributed by atoms with van der Waals surface area (Å²) in [5, 5.41) is 16.8. The molecule has 0 aliphatic carbocycles. The molecule has 0 bridgehead atoms. The molecule has 0 saturated carbocycles. The Morgan fingerprint density at radius 3 is 3.00 bits per heavy atom. The van der Waals surface area contributed by atoms with E-state index in [2.05, 4.69) is 15.4 Å². The number of hydrogen-bond acceptors (Lipinski definition) is 7. The summed E-state index contributed by atoms with van der Waals surface area (Å²) in [6, 6.07) is 3.81. The second kappa shape index (κ2) is 6.99. The fourth-order valence-corrected chi connectivity index (χ4v) is 4.55. The van der Waals surface area contributed by atoms with Gasteiger partial charge in [-0.2, -0.15) is 5.10 Å². The van der Waals surface area contributed by atoms with E-state index in [1.165, 1.54) is 29.7 Å². The number of phenols is 1. The fraction of sp³-hybridized carbons (Fsp3) is 0.368. The minimum atomic E-state index is -0.390. The van der Waals surface area contributed by atoms with Gasteiger partial charge >= 0.3 is 5.97 Å². The van der Waals surface area contributed by atoms with E-state index in [9.17, 15) is 9.90 Å². The summed E-state index contributed by atoms with van der Waals surface area (Å²) >= 11 is 1.30. The molecule has 2 aliphatic heterocycles. The smallest absolute Gasteiger partial charge is 0.350 e. The third-order valence-electron chi connectivity index (χ3n) is 4.95. The van der Waals surface area contributed by atoms with Crippen molar-refractivity contribution in [3.8, 4) is 5.75 Å². The van der Waals surface area contributed by atoms with Crippen LogP contribution in [0.3, 0.4) is 0 Å². The summed E-state index contributed by atoms with van der Waals surface area (Å²) in [6.07, 6.45) is 5.76. The second-order valence-electron chi connectivity index (χ2n) is 6.52. The maximum absolute atomic E-state index is 11.7. The number of hydrazone groups is 1. The number of carbonyl (C=O) groups is 1. The third-order valence-corrected chi connectivity index (χ3v) is 5.84. The molecule has 0 fully saturated rings. The Balaban J connectivity index is 1.60. The highest BCUT2D eigenvalue weighted by Gasteiger charge is 2.27. The SMILES string of the molecule is COC(=O)c1sccc1NN=Cc1cc2c3c(c1O)CCCN3CCC2. The molecular formula is C19H21N3O3S. The number of methoxy groups -OCH3 is 1. The van der Waals surface area contributed by atoms with Gasteiger partial charge in [-0.25, -0.2) is 4.79 Å². The number of carbonyl (C=O) groups excluding carboxylic acids is 1. The molecule has 2 aliphatic rings. The highest BCUT2D eigenvalue weighted by Crippen LogP contribution is 2.41. The molecule has 3 heterocycles. The van der Waals surface area contributed by atoms with Crippen LogP contribution in [0, 0.1) is 0 Å². The second-order valence-corrected chi connectivity index (χ2v) is 7.44. The van der Waals surface area contributed by atoms with E-state index in [4.69, 9.17) is 4.74 Å². The molecule has 0 spiro atoms. The number of thiophene rings is 1. The molecule has 7 heteroatoms. The number of esters is 1. The predicted octanol–water partition coefficient (Wildman–Crippen LogP) is 3.39.